The predicted octanol–water partition coefficient (Wildman–Crippen LogP) is 2.67. The molecule has 0 atom stereocenters. The Morgan fingerprint density at radius 3 is 2.71 bits per heavy atom. The Morgan fingerprint density at radius 1 is 1.53 bits per heavy atom. The van der Waals surface area contributed by atoms with Crippen molar-refractivity contribution in [2.24, 2.45) is 0 Å². The lowest BCUT2D eigenvalue weighted by Crippen LogP contribution is -2.41. The van der Waals surface area contributed by atoms with Gasteiger partial charge in [-0.05, 0) is 34.8 Å². The Kier molecular flexibility index (Phi) is 3.77. The molecule has 2 rings (SSSR count). The molecular formula is C10H12BrClN2O2S. The first-order valence-electron chi connectivity index (χ1n) is 5.22. The van der Waals surface area contributed by atoms with Gasteiger partial charge >= 0.3 is 0 Å². The zero-order chi connectivity index (χ0) is 12.6. The van der Waals surface area contributed by atoms with E-state index in [-0.39, 0.29) is 16.1 Å². The van der Waals surface area contributed by atoms with Crippen LogP contribution in [0.3, 0.4) is 0 Å². The molecule has 0 aromatic carbocycles. The van der Waals surface area contributed by atoms with Crippen LogP contribution in [0.15, 0.2) is 21.6 Å². The van der Waals surface area contributed by atoms with E-state index in [9.17, 15) is 8.42 Å². The highest BCUT2D eigenvalue weighted by atomic mass is 79.9. The smallest absolute Gasteiger partial charge is 0.242 e. The van der Waals surface area contributed by atoms with Crippen LogP contribution in [0.25, 0.3) is 0 Å². The maximum atomic E-state index is 12.3. The van der Waals surface area contributed by atoms with Crippen LogP contribution in [0, 0.1) is 0 Å². The van der Waals surface area contributed by atoms with Crippen molar-refractivity contribution in [3.05, 3.63) is 21.9 Å². The summed E-state index contributed by atoms with van der Waals surface area (Å²) in [5.74, 6) is 0. The van der Waals surface area contributed by atoms with E-state index in [1.807, 2.05) is 0 Å². The van der Waals surface area contributed by atoms with Gasteiger partial charge in [-0.1, -0.05) is 18.0 Å². The van der Waals surface area contributed by atoms with Crippen molar-refractivity contribution in [3.8, 4) is 0 Å². The van der Waals surface area contributed by atoms with E-state index in [1.54, 1.807) is 7.05 Å². The van der Waals surface area contributed by atoms with Crippen LogP contribution in [0.5, 0.6) is 0 Å². The highest BCUT2D eigenvalue weighted by molar-refractivity contribution is 9.10. The van der Waals surface area contributed by atoms with Gasteiger partial charge in [-0.3, -0.25) is 0 Å². The van der Waals surface area contributed by atoms with Gasteiger partial charge < -0.3 is 0 Å². The van der Waals surface area contributed by atoms with Crippen LogP contribution in [-0.4, -0.2) is 30.8 Å². The monoisotopic (exact) mass is 338 g/mol. The largest absolute Gasteiger partial charge is 0.246 e. The van der Waals surface area contributed by atoms with Crippen molar-refractivity contribution in [3.63, 3.8) is 0 Å². The molecule has 1 saturated carbocycles. The molecule has 0 bridgehead atoms. The first-order valence-corrected chi connectivity index (χ1v) is 7.83. The lowest BCUT2D eigenvalue weighted by molar-refractivity contribution is 0.249. The zero-order valence-electron chi connectivity index (χ0n) is 9.23. The summed E-state index contributed by atoms with van der Waals surface area (Å²) in [4.78, 5) is 3.90. The summed E-state index contributed by atoms with van der Waals surface area (Å²) in [6, 6.07) is 1.58. The summed E-state index contributed by atoms with van der Waals surface area (Å²) >= 11 is 9.05. The topological polar surface area (TPSA) is 50.3 Å². The third kappa shape index (κ3) is 2.50. The second-order valence-corrected chi connectivity index (χ2v) is 7.29. The lowest BCUT2D eigenvalue weighted by Gasteiger charge is -2.33. The Bertz CT molecular complexity index is 531. The molecule has 0 amide bonds. The Hall–Kier alpha value is -0.170. The van der Waals surface area contributed by atoms with Gasteiger partial charge in [0.25, 0.3) is 0 Å². The van der Waals surface area contributed by atoms with Gasteiger partial charge in [0, 0.05) is 23.8 Å². The molecule has 94 valence electrons. The predicted molar refractivity (Wildman–Crippen MR) is 69.5 cm³/mol. The van der Waals surface area contributed by atoms with Gasteiger partial charge in [-0.2, -0.15) is 4.31 Å². The van der Waals surface area contributed by atoms with Gasteiger partial charge in [0.2, 0.25) is 10.0 Å². The molecule has 4 nitrogen and oxygen atoms in total. The molecule has 0 unspecified atom stereocenters. The Morgan fingerprint density at radius 2 is 2.18 bits per heavy atom. The quantitative estimate of drug-likeness (QED) is 0.796. The lowest BCUT2D eigenvalue weighted by atomic mass is 9.94. The van der Waals surface area contributed by atoms with Crippen molar-refractivity contribution in [2.45, 2.75) is 30.2 Å². The molecule has 1 aromatic rings. The molecule has 17 heavy (non-hydrogen) atoms. The number of nitrogens with zero attached hydrogens (tertiary/aromatic N) is 2. The Labute approximate surface area is 114 Å². The molecule has 1 heterocycles. The molecule has 1 aliphatic carbocycles. The molecule has 7 heteroatoms. The van der Waals surface area contributed by atoms with Crippen LogP contribution in [0.1, 0.15) is 19.3 Å². The molecule has 1 aromatic heterocycles. The van der Waals surface area contributed by atoms with Crippen LogP contribution in [0.2, 0.25) is 5.15 Å². The van der Waals surface area contributed by atoms with Gasteiger partial charge in [-0.15, -0.1) is 0 Å². The van der Waals surface area contributed by atoms with E-state index in [0.29, 0.717) is 4.47 Å². The number of sulfonamides is 1. The van der Waals surface area contributed by atoms with E-state index in [2.05, 4.69) is 20.9 Å². The molecule has 0 saturated heterocycles. The first kappa shape index (κ1) is 13.3. The first-order chi connectivity index (χ1) is 7.93. The van der Waals surface area contributed by atoms with Crippen molar-refractivity contribution in [1.82, 2.24) is 9.29 Å². The van der Waals surface area contributed by atoms with Crippen molar-refractivity contribution in [2.75, 3.05) is 7.05 Å². The second-order valence-electron chi connectivity index (χ2n) is 4.05. The fourth-order valence-corrected chi connectivity index (χ4v) is 4.02. The van der Waals surface area contributed by atoms with Crippen LogP contribution >= 0.6 is 27.5 Å². The molecule has 0 aliphatic heterocycles. The SMILES string of the molecule is CN(C1CCC1)S(=O)(=O)c1cc(Br)cnc1Cl. The third-order valence-electron chi connectivity index (χ3n) is 3.02. The molecule has 0 radical (unpaired) electrons. The van der Waals surface area contributed by atoms with Crippen LogP contribution < -0.4 is 0 Å². The van der Waals surface area contributed by atoms with Crippen molar-refractivity contribution in [1.29, 1.82) is 0 Å². The Balaban J connectivity index is 2.39. The summed E-state index contributed by atoms with van der Waals surface area (Å²) in [6.45, 7) is 0. The number of aromatic nitrogens is 1. The summed E-state index contributed by atoms with van der Waals surface area (Å²) in [5, 5.41) is 0.0133. The highest BCUT2D eigenvalue weighted by Crippen LogP contribution is 2.31. The molecule has 0 spiro atoms. The normalized spacial score (nSPS) is 17.2. The summed E-state index contributed by atoms with van der Waals surface area (Å²) in [7, 11) is -1.95. The average Bonchev–Trinajstić information content (AvgIpc) is 2.19. The summed E-state index contributed by atoms with van der Waals surface area (Å²) in [6.07, 6.45) is 4.38. The van der Waals surface area contributed by atoms with E-state index in [0.717, 1.165) is 19.3 Å². The molecule has 0 N–H and O–H groups in total. The number of hydrogen-bond donors (Lipinski definition) is 0. The van der Waals surface area contributed by atoms with Gasteiger partial charge in [0.15, 0.2) is 0 Å². The van der Waals surface area contributed by atoms with E-state index in [4.69, 9.17) is 11.6 Å². The van der Waals surface area contributed by atoms with Crippen molar-refractivity contribution >= 4 is 37.6 Å². The third-order valence-corrected chi connectivity index (χ3v) is 5.79. The number of hydrogen-bond acceptors (Lipinski definition) is 3. The van der Waals surface area contributed by atoms with Gasteiger partial charge in [0.1, 0.15) is 10.0 Å². The van der Waals surface area contributed by atoms with Crippen LogP contribution in [0.4, 0.5) is 0 Å². The van der Waals surface area contributed by atoms with E-state index in [1.165, 1.54) is 16.6 Å². The maximum Gasteiger partial charge on any atom is 0.246 e. The fourth-order valence-electron chi connectivity index (χ4n) is 1.69. The maximum absolute atomic E-state index is 12.3. The molecule has 1 fully saturated rings. The van der Waals surface area contributed by atoms with Gasteiger partial charge in [0.05, 0.1) is 0 Å². The zero-order valence-corrected chi connectivity index (χ0v) is 12.4. The minimum absolute atomic E-state index is 0.0133. The molecule has 1 aliphatic rings. The second kappa shape index (κ2) is 4.84. The van der Waals surface area contributed by atoms with Crippen LogP contribution in [-0.2, 0) is 10.0 Å². The summed E-state index contributed by atoms with van der Waals surface area (Å²) in [5.41, 5.74) is 0. The summed E-state index contributed by atoms with van der Waals surface area (Å²) < 4.78 is 26.6. The van der Waals surface area contributed by atoms with E-state index < -0.39 is 10.0 Å². The molecular weight excluding hydrogens is 328 g/mol. The highest BCUT2D eigenvalue weighted by Gasteiger charge is 2.33. The standard InChI is InChI=1S/C10H12BrClN2O2S/c1-14(8-3-2-4-8)17(15,16)9-5-7(11)6-13-10(9)12/h5-6,8H,2-4H2,1H3. The fraction of sp³-hybridized carbons (Fsp3) is 0.500. The number of halogens is 2. The minimum Gasteiger partial charge on any atom is -0.242 e. The average molecular weight is 340 g/mol. The van der Waals surface area contributed by atoms with Gasteiger partial charge in [-0.25, -0.2) is 13.4 Å². The number of pyridine rings is 1. The minimum atomic E-state index is -3.54. The van der Waals surface area contributed by atoms with Crippen molar-refractivity contribution < 1.29 is 8.42 Å². The number of rotatable bonds is 3. The van der Waals surface area contributed by atoms with E-state index >= 15 is 0 Å².